The number of amides is 1. The lowest BCUT2D eigenvalue weighted by Gasteiger charge is -2.09. The number of aromatic nitrogens is 4. The number of hydrogen-bond donors (Lipinski definition) is 2. The first-order valence-corrected chi connectivity index (χ1v) is 8.33. The van der Waals surface area contributed by atoms with Gasteiger partial charge in [-0.15, -0.1) is 0 Å². The second-order valence-corrected chi connectivity index (χ2v) is 6.32. The van der Waals surface area contributed by atoms with Crippen LogP contribution in [0, 0.1) is 6.92 Å². The number of benzene rings is 1. The van der Waals surface area contributed by atoms with E-state index in [4.69, 9.17) is 0 Å². The number of aryl methyl sites for hydroxylation is 2. The van der Waals surface area contributed by atoms with Crippen molar-refractivity contribution in [3.8, 4) is 0 Å². The van der Waals surface area contributed by atoms with Gasteiger partial charge in [-0.2, -0.15) is 23.4 Å². The summed E-state index contributed by atoms with van der Waals surface area (Å²) >= 11 is 0. The summed E-state index contributed by atoms with van der Waals surface area (Å²) in [5.74, 6) is -1.87. The molecule has 3 rings (SSSR count). The average molecular weight is 407 g/mol. The molecule has 11 heteroatoms. The first-order chi connectivity index (χ1) is 13.6. The normalized spacial score (nSPS) is 11.5. The number of anilines is 1. The zero-order valence-corrected chi connectivity index (χ0v) is 15.4. The Bertz CT molecular complexity index is 1080. The van der Waals surface area contributed by atoms with E-state index in [1.54, 1.807) is 13.0 Å². The second-order valence-electron chi connectivity index (χ2n) is 6.32. The van der Waals surface area contributed by atoms with Gasteiger partial charge in [-0.05, 0) is 24.6 Å². The van der Waals surface area contributed by atoms with E-state index in [2.05, 4.69) is 15.5 Å². The number of carbonyl (C=O) groups excluding carboxylic acids is 1. The lowest BCUT2D eigenvalue weighted by atomic mass is 10.1. The average Bonchev–Trinajstić information content (AvgIpc) is 3.17. The molecule has 2 aromatic heterocycles. The smallest absolute Gasteiger partial charge is 0.416 e. The van der Waals surface area contributed by atoms with Crippen LogP contribution in [0.5, 0.6) is 0 Å². The molecule has 3 aromatic rings. The zero-order valence-electron chi connectivity index (χ0n) is 15.4. The third-order valence-electron chi connectivity index (χ3n) is 4.20. The summed E-state index contributed by atoms with van der Waals surface area (Å²) in [7, 11) is 1.40. The molecule has 0 bridgehead atoms. The highest BCUT2D eigenvalue weighted by molar-refractivity contribution is 6.09. The van der Waals surface area contributed by atoms with Crippen LogP contribution in [0.1, 0.15) is 37.7 Å². The van der Waals surface area contributed by atoms with E-state index >= 15 is 0 Å². The van der Waals surface area contributed by atoms with E-state index in [-0.39, 0.29) is 23.6 Å². The summed E-state index contributed by atoms with van der Waals surface area (Å²) in [4.78, 5) is 23.7. The molecule has 0 fully saturated rings. The minimum Gasteiger partial charge on any atom is -0.477 e. The van der Waals surface area contributed by atoms with Crippen LogP contribution in [0.2, 0.25) is 0 Å². The van der Waals surface area contributed by atoms with E-state index < -0.39 is 23.6 Å². The molecule has 2 heterocycles. The van der Waals surface area contributed by atoms with Gasteiger partial charge >= 0.3 is 12.1 Å². The standard InChI is InChI=1S/C18H16F3N5O3/c1-10-6-14(23-16(27)13-8-22-25(2)15(13)17(28)29)24-26(10)9-11-4-3-5-12(7-11)18(19,20)21/h3-8H,9H2,1-2H3,(H,28,29)(H,23,24,27). The van der Waals surface area contributed by atoms with Crippen molar-refractivity contribution >= 4 is 17.7 Å². The Hall–Kier alpha value is -3.63. The monoisotopic (exact) mass is 407 g/mol. The molecule has 152 valence electrons. The summed E-state index contributed by atoms with van der Waals surface area (Å²) in [6.07, 6.45) is -3.31. The molecule has 0 aliphatic carbocycles. The minimum atomic E-state index is -4.44. The van der Waals surface area contributed by atoms with Crippen molar-refractivity contribution in [2.45, 2.75) is 19.6 Å². The molecule has 8 nitrogen and oxygen atoms in total. The first-order valence-electron chi connectivity index (χ1n) is 8.33. The SMILES string of the molecule is Cc1cc(NC(=O)c2cnn(C)c2C(=O)O)nn1Cc1cccc(C(F)(F)F)c1. The number of nitrogens with one attached hydrogen (secondary N) is 1. The molecule has 0 atom stereocenters. The van der Waals surface area contributed by atoms with E-state index in [1.807, 2.05) is 0 Å². The number of rotatable bonds is 5. The molecule has 0 unspecified atom stereocenters. The Morgan fingerprint density at radius 2 is 1.97 bits per heavy atom. The van der Waals surface area contributed by atoms with Gasteiger partial charge in [0.15, 0.2) is 11.5 Å². The fourth-order valence-electron chi connectivity index (χ4n) is 2.79. The molecular weight excluding hydrogens is 391 g/mol. The third-order valence-corrected chi connectivity index (χ3v) is 4.20. The van der Waals surface area contributed by atoms with Crippen LogP contribution in [0.15, 0.2) is 36.5 Å². The van der Waals surface area contributed by atoms with Gasteiger partial charge in [0.05, 0.1) is 23.9 Å². The van der Waals surface area contributed by atoms with Gasteiger partial charge in [0.2, 0.25) is 0 Å². The summed E-state index contributed by atoms with van der Waals surface area (Å²) in [6, 6.07) is 6.41. The maximum Gasteiger partial charge on any atom is 0.416 e. The molecule has 29 heavy (non-hydrogen) atoms. The molecule has 0 saturated carbocycles. The number of hydrogen-bond acceptors (Lipinski definition) is 4. The number of carboxylic acids is 1. The van der Waals surface area contributed by atoms with E-state index in [0.717, 1.165) is 23.0 Å². The number of carbonyl (C=O) groups is 2. The van der Waals surface area contributed by atoms with Crippen LogP contribution in [-0.4, -0.2) is 36.5 Å². The molecule has 0 saturated heterocycles. The van der Waals surface area contributed by atoms with Crippen LogP contribution in [-0.2, 0) is 19.8 Å². The Kier molecular flexibility index (Phi) is 5.14. The first kappa shape index (κ1) is 20.1. The molecule has 2 N–H and O–H groups in total. The Morgan fingerprint density at radius 3 is 2.62 bits per heavy atom. The van der Waals surface area contributed by atoms with Gasteiger partial charge in [-0.25, -0.2) is 4.79 Å². The maximum absolute atomic E-state index is 12.9. The van der Waals surface area contributed by atoms with Crippen LogP contribution < -0.4 is 5.32 Å². The van der Waals surface area contributed by atoms with Crippen molar-refractivity contribution in [2.24, 2.45) is 7.05 Å². The molecule has 1 amide bonds. The number of alkyl halides is 3. The second kappa shape index (κ2) is 7.41. The molecule has 1 aromatic carbocycles. The van der Waals surface area contributed by atoms with Crippen molar-refractivity contribution in [1.82, 2.24) is 19.6 Å². The maximum atomic E-state index is 12.9. The summed E-state index contributed by atoms with van der Waals surface area (Å²) < 4.78 is 41.1. The van der Waals surface area contributed by atoms with E-state index in [0.29, 0.717) is 11.3 Å². The highest BCUT2D eigenvalue weighted by Gasteiger charge is 2.30. The van der Waals surface area contributed by atoms with Gasteiger partial charge in [0.25, 0.3) is 5.91 Å². The largest absolute Gasteiger partial charge is 0.477 e. The Balaban J connectivity index is 1.79. The van der Waals surface area contributed by atoms with Gasteiger partial charge in [0.1, 0.15) is 0 Å². The van der Waals surface area contributed by atoms with Gasteiger partial charge < -0.3 is 10.4 Å². The van der Waals surface area contributed by atoms with Crippen LogP contribution in [0.4, 0.5) is 19.0 Å². The van der Waals surface area contributed by atoms with Crippen molar-refractivity contribution in [3.63, 3.8) is 0 Å². The minimum absolute atomic E-state index is 0.0683. The van der Waals surface area contributed by atoms with Crippen molar-refractivity contribution < 1.29 is 27.9 Å². The fourth-order valence-corrected chi connectivity index (χ4v) is 2.79. The van der Waals surface area contributed by atoms with Crippen LogP contribution >= 0.6 is 0 Å². The number of halogens is 3. The van der Waals surface area contributed by atoms with Gasteiger partial charge in [0, 0.05) is 18.8 Å². The predicted octanol–water partition coefficient (Wildman–Crippen LogP) is 2.94. The summed E-state index contributed by atoms with van der Waals surface area (Å²) in [5.41, 5.74) is -0.175. The van der Waals surface area contributed by atoms with E-state index in [1.165, 1.54) is 23.9 Å². The summed E-state index contributed by atoms with van der Waals surface area (Å²) in [5, 5.41) is 19.6. The molecule has 0 spiro atoms. The lowest BCUT2D eigenvalue weighted by Crippen LogP contribution is -2.17. The summed E-state index contributed by atoms with van der Waals surface area (Å²) in [6.45, 7) is 1.75. The number of carboxylic acid groups (broad SMARTS) is 1. The third kappa shape index (κ3) is 4.28. The molecular formula is C18H16F3N5O3. The highest BCUT2D eigenvalue weighted by Crippen LogP contribution is 2.29. The van der Waals surface area contributed by atoms with Crippen LogP contribution in [0.25, 0.3) is 0 Å². The Morgan fingerprint density at radius 1 is 1.24 bits per heavy atom. The molecule has 0 aliphatic heterocycles. The van der Waals surface area contributed by atoms with Gasteiger partial charge in [-0.3, -0.25) is 14.2 Å². The van der Waals surface area contributed by atoms with Crippen molar-refractivity contribution in [3.05, 3.63) is 64.6 Å². The van der Waals surface area contributed by atoms with Crippen molar-refractivity contribution in [1.29, 1.82) is 0 Å². The Labute approximate surface area is 162 Å². The van der Waals surface area contributed by atoms with Gasteiger partial charge in [-0.1, -0.05) is 12.1 Å². The topological polar surface area (TPSA) is 102 Å². The molecule has 0 radical (unpaired) electrons. The fraction of sp³-hybridized carbons (Fsp3) is 0.222. The zero-order chi connectivity index (χ0) is 21.3. The molecule has 0 aliphatic rings. The quantitative estimate of drug-likeness (QED) is 0.677. The number of nitrogens with zero attached hydrogens (tertiary/aromatic N) is 4. The van der Waals surface area contributed by atoms with E-state index in [9.17, 15) is 27.9 Å². The highest BCUT2D eigenvalue weighted by atomic mass is 19.4. The lowest BCUT2D eigenvalue weighted by molar-refractivity contribution is -0.137. The van der Waals surface area contributed by atoms with Crippen LogP contribution in [0.3, 0.4) is 0 Å². The number of aromatic carboxylic acids is 1. The predicted molar refractivity (Wildman–Crippen MR) is 95.6 cm³/mol. The van der Waals surface area contributed by atoms with Crippen molar-refractivity contribution in [2.75, 3.05) is 5.32 Å².